The molecule has 1 aromatic rings. The molecule has 1 saturated heterocycles. The summed E-state index contributed by atoms with van der Waals surface area (Å²) in [6.07, 6.45) is 1.14. The number of rotatable bonds is 3. The monoisotopic (exact) mass is 331 g/mol. The van der Waals surface area contributed by atoms with Crippen LogP contribution in [-0.4, -0.2) is 49.1 Å². The van der Waals surface area contributed by atoms with Gasteiger partial charge in [0.1, 0.15) is 11.5 Å². The van der Waals surface area contributed by atoms with E-state index in [-0.39, 0.29) is 36.5 Å². The molecule has 1 aliphatic heterocycles. The van der Waals surface area contributed by atoms with Gasteiger partial charge in [0.05, 0.1) is 11.2 Å². The lowest BCUT2D eigenvalue weighted by Crippen LogP contribution is -2.58. The van der Waals surface area contributed by atoms with Crippen molar-refractivity contribution >= 4 is 21.4 Å². The molecule has 0 amide bonds. The SMILES string of the molecule is C[C@@H]1CN(S(C)(=O)=O)[C@H](C)CN1c1cc(F)ccc1[N+](=O)[O-]. The number of hydrogen-bond acceptors (Lipinski definition) is 5. The Bertz CT molecular complexity index is 695. The minimum atomic E-state index is -3.35. The predicted octanol–water partition coefficient (Wildman–Crippen LogP) is 1.59. The molecular weight excluding hydrogens is 313 g/mol. The summed E-state index contributed by atoms with van der Waals surface area (Å²) in [5.41, 5.74) is -0.00856. The first kappa shape index (κ1) is 16.6. The predicted molar refractivity (Wildman–Crippen MR) is 80.9 cm³/mol. The first-order valence-corrected chi connectivity index (χ1v) is 8.63. The minimum absolute atomic E-state index is 0.178. The van der Waals surface area contributed by atoms with Gasteiger partial charge < -0.3 is 4.90 Å². The van der Waals surface area contributed by atoms with E-state index < -0.39 is 20.8 Å². The summed E-state index contributed by atoms with van der Waals surface area (Å²) in [6, 6.07) is 2.64. The molecule has 9 heteroatoms. The lowest BCUT2D eigenvalue weighted by Gasteiger charge is -2.43. The third kappa shape index (κ3) is 3.20. The van der Waals surface area contributed by atoms with Crippen LogP contribution in [0.15, 0.2) is 18.2 Å². The Balaban J connectivity index is 2.39. The van der Waals surface area contributed by atoms with Crippen molar-refractivity contribution in [2.45, 2.75) is 25.9 Å². The molecule has 1 aromatic carbocycles. The summed E-state index contributed by atoms with van der Waals surface area (Å²) in [5.74, 6) is -0.564. The van der Waals surface area contributed by atoms with Gasteiger partial charge in [-0.1, -0.05) is 0 Å². The van der Waals surface area contributed by atoms with Crippen LogP contribution in [0.3, 0.4) is 0 Å². The van der Waals surface area contributed by atoms with Crippen molar-refractivity contribution in [2.24, 2.45) is 0 Å². The normalized spacial score (nSPS) is 23.5. The van der Waals surface area contributed by atoms with Crippen molar-refractivity contribution < 1.29 is 17.7 Å². The molecule has 1 heterocycles. The summed E-state index contributed by atoms with van der Waals surface area (Å²) in [7, 11) is -3.35. The molecule has 22 heavy (non-hydrogen) atoms. The van der Waals surface area contributed by atoms with Crippen LogP contribution in [0.5, 0.6) is 0 Å². The van der Waals surface area contributed by atoms with Crippen molar-refractivity contribution in [3.8, 4) is 0 Å². The second-order valence-corrected chi connectivity index (χ2v) is 7.51. The number of benzene rings is 1. The van der Waals surface area contributed by atoms with Gasteiger partial charge in [0, 0.05) is 37.3 Å². The van der Waals surface area contributed by atoms with Crippen molar-refractivity contribution in [1.82, 2.24) is 4.31 Å². The zero-order valence-corrected chi connectivity index (χ0v) is 13.4. The molecule has 1 aliphatic rings. The van der Waals surface area contributed by atoms with Crippen molar-refractivity contribution in [2.75, 3.05) is 24.2 Å². The average Bonchev–Trinajstić information content (AvgIpc) is 2.39. The number of sulfonamides is 1. The van der Waals surface area contributed by atoms with Crippen LogP contribution in [0.25, 0.3) is 0 Å². The third-order valence-electron chi connectivity index (χ3n) is 3.80. The highest BCUT2D eigenvalue weighted by Crippen LogP contribution is 2.33. The molecule has 2 atom stereocenters. The molecular formula is C13H18FN3O4S. The van der Waals surface area contributed by atoms with E-state index in [0.29, 0.717) is 0 Å². The molecule has 122 valence electrons. The molecule has 0 radical (unpaired) electrons. The second-order valence-electron chi connectivity index (χ2n) is 5.57. The summed E-state index contributed by atoms with van der Waals surface area (Å²) in [6.45, 7) is 3.95. The van der Waals surface area contributed by atoms with Crippen LogP contribution in [0.4, 0.5) is 15.8 Å². The van der Waals surface area contributed by atoms with E-state index in [1.54, 1.807) is 18.7 Å². The van der Waals surface area contributed by atoms with Gasteiger partial charge in [0.2, 0.25) is 10.0 Å². The first-order chi connectivity index (χ1) is 10.1. The molecule has 2 rings (SSSR count). The largest absolute Gasteiger partial charge is 0.360 e. The molecule has 0 saturated carbocycles. The number of piperazine rings is 1. The van der Waals surface area contributed by atoms with E-state index in [1.807, 2.05) is 0 Å². The molecule has 0 aliphatic carbocycles. The van der Waals surface area contributed by atoms with Crippen LogP contribution in [0, 0.1) is 15.9 Å². The smallest absolute Gasteiger partial charge is 0.292 e. The summed E-state index contributed by atoms with van der Waals surface area (Å²) in [5, 5.41) is 11.1. The summed E-state index contributed by atoms with van der Waals surface area (Å²) in [4.78, 5) is 12.3. The topological polar surface area (TPSA) is 83.8 Å². The van der Waals surface area contributed by atoms with Gasteiger partial charge in [0.15, 0.2) is 0 Å². The van der Waals surface area contributed by atoms with Crippen LogP contribution in [0.2, 0.25) is 0 Å². The average molecular weight is 331 g/mol. The third-order valence-corrected chi connectivity index (χ3v) is 5.16. The Morgan fingerprint density at radius 1 is 1.27 bits per heavy atom. The lowest BCUT2D eigenvalue weighted by molar-refractivity contribution is -0.384. The number of nitrogens with zero attached hydrogens (tertiary/aromatic N) is 3. The Labute approximate surface area is 128 Å². The number of nitro benzene ring substituents is 1. The standard InChI is InChI=1S/C13H18FN3O4S/c1-9-8-16(22(3,20)21)10(2)7-15(9)13-6-11(14)4-5-12(13)17(18)19/h4-6,9-10H,7-8H2,1-3H3/t9-,10-/m1/s1. The highest BCUT2D eigenvalue weighted by atomic mass is 32.2. The van der Waals surface area contributed by atoms with E-state index in [9.17, 15) is 22.9 Å². The van der Waals surface area contributed by atoms with E-state index in [4.69, 9.17) is 0 Å². The van der Waals surface area contributed by atoms with Crippen LogP contribution in [0.1, 0.15) is 13.8 Å². The number of anilines is 1. The Morgan fingerprint density at radius 3 is 2.45 bits per heavy atom. The fourth-order valence-corrected chi connectivity index (χ4v) is 3.98. The van der Waals surface area contributed by atoms with Crippen molar-refractivity contribution in [3.63, 3.8) is 0 Å². The molecule has 0 bridgehead atoms. The summed E-state index contributed by atoms with van der Waals surface area (Å²) < 4.78 is 38.4. The quantitative estimate of drug-likeness (QED) is 0.620. The van der Waals surface area contributed by atoms with E-state index in [1.165, 1.54) is 4.31 Å². The van der Waals surface area contributed by atoms with E-state index >= 15 is 0 Å². The maximum absolute atomic E-state index is 13.5. The molecule has 0 N–H and O–H groups in total. The first-order valence-electron chi connectivity index (χ1n) is 6.78. The molecule has 0 aromatic heterocycles. The lowest BCUT2D eigenvalue weighted by atomic mass is 10.1. The van der Waals surface area contributed by atoms with Gasteiger partial charge in [-0.05, 0) is 19.9 Å². The van der Waals surface area contributed by atoms with Gasteiger partial charge in [-0.2, -0.15) is 4.31 Å². The summed E-state index contributed by atoms with van der Waals surface area (Å²) >= 11 is 0. The van der Waals surface area contributed by atoms with Crippen molar-refractivity contribution in [1.29, 1.82) is 0 Å². The maximum Gasteiger partial charge on any atom is 0.292 e. The van der Waals surface area contributed by atoms with Gasteiger partial charge in [-0.25, -0.2) is 12.8 Å². The number of nitro groups is 1. The maximum atomic E-state index is 13.5. The number of hydrogen-bond donors (Lipinski definition) is 0. The van der Waals surface area contributed by atoms with Crippen LogP contribution < -0.4 is 4.90 Å². The number of halogens is 1. The highest BCUT2D eigenvalue weighted by Gasteiger charge is 2.36. The van der Waals surface area contributed by atoms with Gasteiger partial charge in [0.25, 0.3) is 5.69 Å². The molecule has 0 spiro atoms. The van der Waals surface area contributed by atoms with Gasteiger partial charge in [-0.15, -0.1) is 0 Å². The van der Waals surface area contributed by atoms with Gasteiger partial charge in [-0.3, -0.25) is 10.1 Å². The zero-order valence-electron chi connectivity index (χ0n) is 12.6. The Morgan fingerprint density at radius 2 is 1.91 bits per heavy atom. The molecule has 0 unspecified atom stereocenters. The molecule has 7 nitrogen and oxygen atoms in total. The Hall–Kier alpha value is -1.74. The molecule has 1 fully saturated rings. The Kier molecular flexibility index (Phi) is 4.39. The minimum Gasteiger partial charge on any atom is -0.360 e. The highest BCUT2D eigenvalue weighted by molar-refractivity contribution is 7.88. The van der Waals surface area contributed by atoms with Gasteiger partial charge >= 0.3 is 0 Å². The second kappa shape index (κ2) is 5.81. The van der Waals surface area contributed by atoms with Crippen molar-refractivity contribution in [3.05, 3.63) is 34.1 Å². The van der Waals surface area contributed by atoms with Crippen LogP contribution >= 0.6 is 0 Å². The van der Waals surface area contributed by atoms with Crippen LogP contribution in [-0.2, 0) is 10.0 Å². The van der Waals surface area contributed by atoms with E-state index in [2.05, 4.69) is 0 Å². The fraction of sp³-hybridized carbons (Fsp3) is 0.538. The fourth-order valence-electron chi connectivity index (χ4n) is 2.77. The van der Waals surface area contributed by atoms with E-state index in [0.717, 1.165) is 24.5 Å². The zero-order chi connectivity index (χ0) is 16.7.